The molecule has 2 atom stereocenters. The number of nitrogens with two attached hydrogens (primary N) is 1. The third-order valence-corrected chi connectivity index (χ3v) is 4.71. The van der Waals surface area contributed by atoms with Crippen LogP contribution in [-0.2, 0) is 16.0 Å². The molecule has 24 heavy (non-hydrogen) atoms. The maximum atomic E-state index is 12.5. The largest absolute Gasteiger partial charge is 0.336 e. The lowest BCUT2D eigenvalue weighted by Crippen LogP contribution is -2.40. The number of carbonyl (C=O) groups is 2. The summed E-state index contributed by atoms with van der Waals surface area (Å²) in [5.41, 5.74) is 7.66. The summed E-state index contributed by atoms with van der Waals surface area (Å²) in [5, 5.41) is 2.91. The van der Waals surface area contributed by atoms with Gasteiger partial charge in [-0.1, -0.05) is 31.5 Å². The molecular weight excluding hydrogens is 326 g/mol. The Morgan fingerprint density at radius 2 is 2.00 bits per heavy atom. The Labute approximate surface area is 150 Å². The Kier molecular flexibility index (Phi) is 8.22. The number of hydrogen-bond acceptors (Lipinski definition) is 3. The van der Waals surface area contributed by atoms with Gasteiger partial charge in [-0.05, 0) is 43.4 Å². The standard InChI is InChI=1S/C18H27N3O2.ClH/c1-3-13-7-4-5-10-16(13)20-17(22)12-21(2)18(23)15-9-6-8-14(15)11-19;/h4-5,7,10,14-15H,3,6,8-9,11-12,19H2,1-2H3,(H,20,22);1H/t14-,15-;/m1./s1. The van der Waals surface area contributed by atoms with Gasteiger partial charge < -0.3 is 16.0 Å². The van der Waals surface area contributed by atoms with Crippen LogP contribution in [0.1, 0.15) is 31.7 Å². The van der Waals surface area contributed by atoms with Gasteiger partial charge in [0.1, 0.15) is 0 Å². The van der Waals surface area contributed by atoms with Crippen LogP contribution >= 0.6 is 12.4 Å². The van der Waals surface area contributed by atoms with Crippen molar-refractivity contribution in [2.75, 3.05) is 25.5 Å². The summed E-state index contributed by atoms with van der Waals surface area (Å²) in [4.78, 5) is 26.3. The number of aryl methyl sites for hydroxylation is 1. The molecule has 0 aromatic heterocycles. The van der Waals surface area contributed by atoms with Crippen LogP contribution in [0.2, 0.25) is 0 Å². The molecule has 0 radical (unpaired) electrons. The number of halogens is 1. The van der Waals surface area contributed by atoms with Gasteiger partial charge in [0.2, 0.25) is 11.8 Å². The number of nitrogens with one attached hydrogen (secondary N) is 1. The van der Waals surface area contributed by atoms with Gasteiger partial charge in [-0.3, -0.25) is 9.59 Å². The Balaban J connectivity index is 0.00000288. The van der Waals surface area contributed by atoms with Crippen molar-refractivity contribution in [1.82, 2.24) is 4.90 Å². The minimum atomic E-state index is -0.163. The first kappa shape index (κ1) is 20.5. The normalized spacial score (nSPS) is 19.5. The highest BCUT2D eigenvalue weighted by atomic mass is 35.5. The number of benzene rings is 1. The molecule has 1 fully saturated rings. The Morgan fingerprint density at radius 1 is 1.29 bits per heavy atom. The molecule has 2 rings (SSSR count). The third-order valence-electron chi connectivity index (χ3n) is 4.71. The summed E-state index contributed by atoms with van der Waals surface area (Å²) in [6, 6.07) is 7.74. The monoisotopic (exact) mass is 353 g/mol. The zero-order valence-corrected chi connectivity index (χ0v) is 15.3. The molecule has 0 saturated heterocycles. The average Bonchev–Trinajstić information content (AvgIpc) is 3.03. The van der Waals surface area contributed by atoms with E-state index in [2.05, 4.69) is 5.32 Å². The zero-order valence-electron chi connectivity index (χ0n) is 14.5. The molecule has 0 unspecified atom stereocenters. The van der Waals surface area contributed by atoms with Gasteiger partial charge in [0, 0.05) is 18.7 Å². The maximum Gasteiger partial charge on any atom is 0.243 e. The van der Waals surface area contributed by atoms with Crippen LogP contribution in [0.5, 0.6) is 0 Å². The number of hydrogen-bond donors (Lipinski definition) is 2. The average molecular weight is 354 g/mol. The summed E-state index contributed by atoms with van der Waals surface area (Å²) in [5.74, 6) is 0.107. The van der Waals surface area contributed by atoms with Crippen molar-refractivity contribution in [3.8, 4) is 0 Å². The quantitative estimate of drug-likeness (QED) is 0.824. The number of carbonyl (C=O) groups excluding carboxylic acids is 2. The van der Waals surface area contributed by atoms with E-state index < -0.39 is 0 Å². The highest BCUT2D eigenvalue weighted by Gasteiger charge is 2.34. The van der Waals surface area contributed by atoms with Crippen LogP contribution in [0.15, 0.2) is 24.3 Å². The fourth-order valence-electron chi connectivity index (χ4n) is 3.36. The number of anilines is 1. The first-order chi connectivity index (χ1) is 11.1. The lowest BCUT2D eigenvalue weighted by Gasteiger charge is -2.24. The second-order valence-electron chi connectivity index (χ2n) is 6.29. The van der Waals surface area contributed by atoms with Crippen molar-refractivity contribution < 1.29 is 9.59 Å². The highest BCUT2D eigenvalue weighted by Crippen LogP contribution is 2.32. The van der Waals surface area contributed by atoms with Crippen molar-refractivity contribution in [3.05, 3.63) is 29.8 Å². The molecule has 1 aliphatic carbocycles. The summed E-state index contributed by atoms with van der Waals surface area (Å²) in [7, 11) is 1.69. The van der Waals surface area contributed by atoms with Crippen molar-refractivity contribution in [2.45, 2.75) is 32.6 Å². The molecular formula is C18H28ClN3O2. The topological polar surface area (TPSA) is 75.4 Å². The Morgan fingerprint density at radius 3 is 2.67 bits per heavy atom. The number of nitrogens with zero attached hydrogens (tertiary/aromatic N) is 1. The molecule has 1 saturated carbocycles. The third kappa shape index (κ3) is 4.95. The van der Waals surface area contributed by atoms with Crippen molar-refractivity contribution >= 4 is 29.9 Å². The lowest BCUT2D eigenvalue weighted by atomic mass is 9.95. The van der Waals surface area contributed by atoms with Crippen molar-refractivity contribution in [3.63, 3.8) is 0 Å². The van der Waals surface area contributed by atoms with E-state index in [4.69, 9.17) is 5.73 Å². The highest BCUT2D eigenvalue weighted by molar-refractivity contribution is 5.95. The van der Waals surface area contributed by atoms with E-state index in [0.29, 0.717) is 6.54 Å². The summed E-state index contributed by atoms with van der Waals surface area (Å²) in [6.07, 6.45) is 3.79. The molecule has 134 valence electrons. The molecule has 1 aromatic rings. The molecule has 5 nitrogen and oxygen atoms in total. The van der Waals surface area contributed by atoms with E-state index in [1.165, 1.54) is 4.90 Å². The van der Waals surface area contributed by atoms with Crippen LogP contribution in [0, 0.1) is 11.8 Å². The van der Waals surface area contributed by atoms with Crippen molar-refractivity contribution in [1.29, 1.82) is 0 Å². The van der Waals surface area contributed by atoms with E-state index in [1.54, 1.807) is 7.05 Å². The molecule has 1 aliphatic rings. The number of rotatable bonds is 6. The number of para-hydroxylation sites is 1. The molecule has 6 heteroatoms. The molecule has 0 spiro atoms. The Bertz CT molecular complexity index is 565. The van der Waals surface area contributed by atoms with E-state index in [0.717, 1.165) is 36.9 Å². The molecule has 0 bridgehead atoms. The van der Waals surface area contributed by atoms with Crippen LogP contribution in [0.25, 0.3) is 0 Å². The second-order valence-corrected chi connectivity index (χ2v) is 6.29. The molecule has 2 amide bonds. The van der Waals surface area contributed by atoms with E-state index >= 15 is 0 Å². The van der Waals surface area contributed by atoms with Gasteiger partial charge in [-0.25, -0.2) is 0 Å². The van der Waals surface area contributed by atoms with Crippen LogP contribution < -0.4 is 11.1 Å². The van der Waals surface area contributed by atoms with Gasteiger partial charge in [0.05, 0.1) is 6.54 Å². The summed E-state index contributed by atoms with van der Waals surface area (Å²) >= 11 is 0. The zero-order chi connectivity index (χ0) is 16.8. The predicted molar refractivity (Wildman–Crippen MR) is 99.2 cm³/mol. The first-order valence-electron chi connectivity index (χ1n) is 8.39. The van der Waals surface area contributed by atoms with Gasteiger partial charge in [-0.2, -0.15) is 0 Å². The van der Waals surface area contributed by atoms with E-state index in [-0.39, 0.29) is 42.6 Å². The summed E-state index contributed by atoms with van der Waals surface area (Å²) < 4.78 is 0. The fourth-order valence-corrected chi connectivity index (χ4v) is 3.36. The van der Waals surface area contributed by atoms with Gasteiger partial charge >= 0.3 is 0 Å². The maximum absolute atomic E-state index is 12.5. The molecule has 0 heterocycles. The van der Waals surface area contributed by atoms with Crippen LogP contribution in [0.3, 0.4) is 0 Å². The van der Waals surface area contributed by atoms with Gasteiger partial charge in [0.15, 0.2) is 0 Å². The molecule has 0 aliphatic heterocycles. The van der Waals surface area contributed by atoms with Crippen LogP contribution in [0.4, 0.5) is 5.69 Å². The minimum Gasteiger partial charge on any atom is -0.336 e. The smallest absolute Gasteiger partial charge is 0.243 e. The number of likely N-dealkylation sites (N-methyl/N-ethyl adjacent to an activating group) is 1. The SMILES string of the molecule is CCc1ccccc1NC(=O)CN(C)C(=O)[C@@H]1CCC[C@@H]1CN.Cl. The van der Waals surface area contributed by atoms with E-state index in [9.17, 15) is 9.59 Å². The lowest BCUT2D eigenvalue weighted by molar-refractivity contribution is -0.137. The van der Waals surface area contributed by atoms with Crippen LogP contribution in [-0.4, -0.2) is 36.9 Å². The summed E-state index contributed by atoms with van der Waals surface area (Å²) in [6.45, 7) is 2.67. The minimum absolute atomic E-state index is 0. The fraction of sp³-hybridized carbons (Fsp3) is 0.556. The Hall–Kier alpha value is -1.59. The molecule has 1 aromatic carbocycles. The first-order valence-corrected chi connectivity index (χ1v) is 8.39. The number of amides is 2. The van der Waals surface area contributed by atoms with Gasteiger partial charge in [0.25, 0.3) is 0 Å². The molecule has 3 N–H and O–H groups in total. The predicted octanol–water partition coefficient (Wildman–Crippen LogP) is 2.44. The van der Waals surface area contributed by atoms with Crippen molar-refractivity contribution in [2.24, 2.45) is 17.6 Å². The second kappa shape index (κ2) is 9.64. The van der Waals surface area contributed by atoms with E-state index in [1.807, 2.05) is 31.2 Å². The van der Waals surface area contributed by atoms with Gasteiger partial charge in [-0.15, -0.1) is 12.4 Å².